The fourth-order valence-corrected chi connectivity index (χ4v) is 3.14. The van der Waals surface area contributed by atoms with Crippen molar-refractivity contribution < 1.29 is 4.79 Å². The third-order valence-electron chi connectivity index (χ3n) is 4.51. The van der Waals surface area contributed by atoms with E-state index in [2.05, 4.69) is 24.1 Å². The Morgan fingerprint density at radius 1 is 1.27 bits per heavy atom. The lowest BCUT2D eigenvalue weighted by molar-refractivity contribution is -0.132. The Morgan fingerprint density at radius 3 is 2.27 bits per heavy atom. The molecular formula is C12H20N2O. The van der Waals surface area contributed by atoms with Crippen molar-refractivity contribution in [3.05, 3.63) is 0 Å². The number of likely N-dealkylation sites (tertiary alicyclic amines) is 1. The SMILES string of the molecule is CC1(C)CC1C(=O)N1C[C@H]2CNC[C@H]2C1. The van der Waals surface area contributed by atoms with Crippen LogP contribution in [-0.2, 0) is 4.79 Å². The van der Waals surface area contributed by atoms with Crippen molar-refractivity contribution in [2.24, 2.45) is 23.2 Å². The van der Waals surface area contributed by atoms with Crippen molar-refractivity contribution in [3.8, 4) is 0 Å². The minimum atomic E-state index is 0.285. The van der Waals surface area contributed by atoms with Crippen LogP contribution in [0.25, 0.3) is 0 Å². The van der Waals surface area contributed by atoms with Crippen LogP contribution >= 0.6 is 0 Å². The average Bonchev–Trinajstić information content (AvgIpc) is 2.55. The van der Waals surface area contributed by atoms with Gasteiger partial charge in [-0.2, -0.15) is 0 Å². The van der Waals surface area contributed by atoms with E-state index in [1.54, 1.807) is 0 Å². The Hall–Kier alpha value is -0.570. The molecule has 2 saturated heterocycles. The summed E-state index contributed by atoms with van der Waals surface area (Å²) in [5.74, 6) is 2.21. The van der Waals surface area contributed by atoms with Gasteiger partial charge in [0.25, 0.3) is 0 Å². The van der Waals surface area contributed by atoms with Crippen molar-refractivity contribution in [1.29, 1.82) is 0 Å². The smallest absolute Gasteiger partial charge is 0.226 e. The van der Waals surface area contributed by atoms with Gasteiger partial charge in [0.05, 0.1) is 0 Å². The van der Waals surface area contributed by atoms with Crippen LogP contribution in [-0.4, -0.2) is 37.0 Å². The van der Waals surface area contributed by atoms with Crippen molar-refractivity contribution in [2.45, 2.75) is 20.3 Å². The molecule has 1 saturated carbocycles. The molecule has 3 nitrogen and oxygen atoms in total. The molecule has 0 spiro atoms. The Balaban J connectivity index is 1.63. The molecule has 0 aromatic rings. The van der Waals surface area contributed by atoms with E-state index in [-0.39, 0.29) is 5.41 Å². The van der Waals surface area contributed by atoms with E-state index in [0.29, 0.717) is 11.8 Å². The number of amides is 1. The molecule has 3 atom stereocenters. The van der Waals surface area contributed by atoms with Gasteiger partial charge in [-0.15, -0.1) is 0 Å². The van der Waals surface area contributed by atoms with E-state index < -0.39 is 0 Å². The maximum Gasteiger partial charge on any atom is 0.226 e. The first kappa shape index (κ1) is 9.64. The van der Waals surface area contributed by atoms with Gasteiger partial charge in [-0.3, -0.25) is 4.79 Å². The molecule has 0 bridgehead atoms. The van der Waals surface area contributed by atoms with Gasteiger partial charge in [-0.1, -0.05) is 13.8 Å². The van der Waals surface area contributed by atoms with Gasteiger partial charge in [0.15, 0.2) is 0 Å². The lowest BCUT2D eigenvalue weighted by atomic mass is 10.0. The zero-order chi connectivity index (χ0) is 10.6. The summed E-state index contributed by atoms with van der Waals surface area (Å²) in [5.41, 5.74) is 0.285. The fourth-order valence-electron chi connectivity index (χ4n) is 3.14. The Bertz CT molecular complexity index is 288. The Morgan fingerprint density at radius 2 is 1.80 bits per heavy atom. The standard InChI is InChI=1S/C12H20N2O/c1-12(2)3-10(12)11(15)14-6-8-4-13-5-9(8)7-14/h8-10,13H,3-7H2,1-2H3/t8-,9+,10?. The summed E-state index contributed by atoms with van der Waals surface area (Å²) in [6, 6.07) is 0. The zero-order valence-electron chi connectivity index (χ0n) is 9.62. The van der Waals surface area contributed by atoms with E-state index in [1.165, 1.54) is 0 Å². The molecule has 1 aliphatic carbocycles. The molecule has 3 rings (SSSR count). The summed E-state index contributed by atoms with van der Waals surface area (Å²) < 4.78 is 0. The van der Waals surface area contributed by atoms with Crippen LogP contribution in [0.4, 0.5) is 0 Å². The number of carbonyl (C=O) groups is 1. The van der Waals surface area contributed by atoms with Crippen LogP contribution < -0.4 is 5.32 Å². The third-order valence-corrected chi connectivity index (χ3v) is 4.51. The molecule has 2 aliphatic heterocycles. The van der Waals surface area contributed by atoms with E-state index >= 15 is 0 Å². The first-order chi connectivity index (χ1) is 7.08. The van der Waals surface area contributed by atoms with Crippen LogP contribution in [0.15, 0.2) is 0 Å². The van der Waals surface area contributed by atoms with Gasteiger partial charge in [0, 0.05) is 32.1 Å². The zero-order valence-corrected chi connectivity index (χ0v) is 9.62. The maximum atomic E-state index is 12.2. The highest BCUT2D eigenvalue weighted by Gasteiger charge is 2.53. The second-order valence-corrected chi connectivity index (χ2v) is 6.17. The number of hydrogen-bond donors (Lipinski definition) is 1. The summed E-state index contributed by atoms with van der Waals surface area (Å²) in [6.45, 7) is 8.64. The summed E-state index contributed by atoms with van der Waals surface area (Å²) in [7, 11) is 0. The molecule has 1 amide bonds. The number of nitrogens with zero attached hydrogens (tertiary/aromatic N) is 1. The number of rotatable bonds is 1. The molecule has 1 unspecified atom stereocenters. The Labute approximate surface area is 91.2 Å². The van der Waals surface area contributed by atoms with Crippen molar-refractivity contribution in [3.63, 3.8) is 0 Å². The van der Waals surface area contributed by atoms with E-state index in [1.807, 2.05) is 0 Å². The third kappa shape index (κ3) is 1.48. The minimum Gasteiger partial charge on any atom is -0.342 e. The second kappa shape index (κ2) is 2.97. The molecule has 2 heterocycles. The van der Waals surface area contributed by atoms with Crippen LogP contribution in [0.2, 0.25) is 0 Å². The molecule has 15 heavy (non-hydrogen) atoms. The topological polar surface area (TPSA) is 32.3 Å². The molecular weight excluding hydrogens is 188 g/mol. The first-order valence-electron chi connectivity index (χ1n) is 6.07. The van der Waals surface area contributed by atoms with Gasteiger partial charge >= 0.3 is 0 Å². The molecule has 3 fully saturated rings. The van der Waals surface area contributed by atoms with Crippen LogP contribution in [0.3, 0.4) is 0 Å². The summed E-state index contributed by atoms with van der Waals surface area (Å²) in [6.07, 6.45) is 1.09. The lowest BCUT2D eigenvalue weighted by Gasteiger charge is -2.18. The number of carbonyl (C=O) groups excluding carboxylic acids is 1. The lowest BCUT2D eigenvalue weighted by Crippen LogP contribution is -2.33. The summed E-state index contributed by atoms with van der Waals surface area (Å²) in [5, 5.41) is 3.41. The van der Waals surface area contributed by atoms with Crippen molar-refractivity contribution in [2.75, 3.05) is 26.2 Å². The molecule has 3 heteroatoms. The molecule has 1 N–H and O–H groups in total. The highest BCUT2D eigenvalue weighted by molar-refractivity contribution is 5.82. The van der Waals surface area contributed by atoms with Gasteiger partial charge in [0.2, 0.25) is 5.91 Å². The van der Waals surface area contributed by atoms with Crippen LogP contribution in [0.5, 0.6) is 0 Å². The predicted octanol–water partition coefficient (Wildman–Crippen LogP) is 0.710. The van der Waals surface area contributed by atoms with Crippen LogP contribution in [0.1, 0.15) is 20.3 Å². The number of hydrogen-bond acceptors (Lipinski definition) is 2. The summed E-state index contributed by atoms with van der Waals surface area (Å²) in [4.78, 5) is 14.3. The van der Waals surface area contributed by atoms with Crippen LogP contribution in [0, 0.1) is 23.2 Å². The minimum absolute atomic E-state index is 0.285. The molecule has 0 aromatic carbocycles. The van der Waals surface area contributed by atoms with E-state index in [9.17, 15) is 4.79 Å². The van der Waals surface area contributed by atoms with Gasteiger partial charge in [-0.25, -0.2) is 0 Å². The highest BCUT2D eigenvalue weighted by Crippen LogP contribution is 2.52. The summed E-state index contributed by atoms with van der Waals surface area (Å²) >= 11 is 0. The second-order valence-electron chi connectivity index (χ2n) is 6.17. The molecule has 84 valence electrons. The average molecular weight is 208 g/mol. The first-order valence-corrected chi connectivity index (χ1v) is 6.07. The van der Waals surface area contributed by atoms with E-state index in [0.717, 1.165) is 44.4 Å². The maximum absolute atomic E-state index is 12.2. The quantitative estimate of drug-likeness (QED) is 0.688. The van der Waals surface area contributed by atoms with Crippen molar-refractivity contribution >= 4 is 5.91 Å². The number of nitrogens with one attached hydrogen (secondary N) is 1. The van der Waals surface area contributed by atoms with Gasteiger partial charge in [0.1, 0.15) is 0 Å². The fraction of sp³-hybridized carbons (Fsp3) is 0.917. The molecule has 0 radical (unpaired) electrons. The molecule has 3 aliphatic rings. The normalized spacial score (nSPS) is 41.7. The monoisotopic (exact) mass is 208 g/mol. The van der Waals surface area contributed by atoms with Gasteiger partial charge in [-0.05, 0) is 23.7 Å². The Kier molecular flexibility index (Phi) is 1.91. The van der Waals surface area contributed by atoms with E-state index in [4.69, 9.17) is 0 Å². The largest absolute Gasteiger partial charge is 0.342 e. The number of fused-ring (bicyclic) bond motifs is 1. The highest BCUT2D eigenvalue weighted by atomic mass is 16.2. The predicted molar refractivity (Wildman–Crippen MR) is 58.3 cm³/mol. The molecule has 0 aromatic heterocycles. The van der Waals surface area contributed by atoms with Crippen molar-refractivity contribution in [1.82, 2.24) is 10.2 Å². The van der Waals surface area contributed by atoms with Gasteiger partial charge < -0.3 is 10.2 Å².